The number of anilines is 1. The van der Waals surface area contributed by atoms with Gasteiger partial charge in [-0.1, -0.05) is 0 Å². The first-order chi connectivity index (χ1) is 8.90. The van der Waals surface area contributed by atoms with E-state index in [4.69, 9.17) is 0 Å². The van der Waals surface area contributed by atoms with Gasteiger partial charge in [-0.15, -0.1) is 11.3 Å². The molecule has 102 valence electrons. The van der Waals surface area contributed by atoms with Crippen molar-refractivity contribution in [2.24, 2.45) is 7.05 Å². The minimum atomic E-state index is -0.458. The van der Waals surface area contributed by atoms with Crippen molar-refractivity contribution in [3.8, 4) is 0 Å². The van der Waals surface area contributed by atoms with Crippen LogP contribution in [0.1, 0.15) is 21.1 Å². The van der Waals surface area contributed by atoms with Crippen molar-refractivity contribution in [1.29, 1.82) is 0 Å². The summed E-state index contributed by atoms with van der Waals surface area (Å²) >= 11 is 1.70. The van der Waals surface area contributed by atoms with Gasteiger partial charge in [-0.2, -0.15) is 0 Å². The lowest BCUT2D eigenvalue weighted by Gasteiger charge is -2.05. The van der Waals surface area contributed by atoms with E-state index in [1.807, 2.05) is 0 Å². The Morgan fingerprint density at radius 2 is 2.16 bits per heavy atom. The average Bonchev–Trinajstić information content (AvgIpc) is 2.80. The van der Waals surface area contributed by atoms with E-state index in [9.17, 15) is 10.1 Å². The molecule has 2 heterocycles. The zero-order valence-electron chi connectivity index (χ0n) is 11.4. The van der Waals surface area contributed by atoms with Crippen LogP contribution in [-0.4, -0.2) is 14.5 Å². The molecular weight excluding hydrogens is 264 g/mol. The first-order valence-electron chi connectivity index (χ1n) is 5.87. The molecular formula is C12H16N4O2S. The summed E-state index contributed by atoms with van der Waals surface area (Å²) in [5.41, 5.74) is 1.25. The second-order valence-corrected chi connectivity index (χ2v) is 5.79. The second kappa shape index (κ2) is 5.00. The first kappa shape index (κ1) is 13.5. The van der Waals surface area contributed by atoms with Crippen molar-refractivity contribution < 1.29 is 4.92 Å². The summed E-state index contributed by atoms with van der Waals surface area (Å²) < 4.78 is 1.70. The van der Waals surface area contributed by atoms with Crippen LogP contribution in [0.15, 0.2) is 6.07 Å². The standard InChI is InChI=1S/C12H16N4O2S/c1-7-5-10(19-8(7)2)6-13-11-12(16(17)18)14-9(3)15(11)4/h5,13H,6H2,1-4H3. The van der Waals surface area contributed by atoms with E-state index in [0.29, 0.717) is 18.2 Å². The predicted molar refractivity (Wildman–Crippen MR) is 75.7 cm³/mol. The lowest BCUT2D eigenvalue weighted by Crippen LogP contribution is -2.05. The fourth-order valence-electron chi connectivity index (χ4n) is 1.83. The highest BCUT2D eigenvalue weighted by Crippen LogP contribution is 2.26. The van der Waals surface area contributed by atoms with Crippen molar-refractivity contribution in [1.82, 2.24) is 9.55 Å². The van der Waals surface area contributed by atoms with Crippen molar-refractivity contribution in [3.05, 3.63) is 37.3 Å². The zero-order valence-corrected chi connectivity index (χ0v) is 12.2. The molecule has 0 aliphatic carbocycles. The monoisotopic (exact) mass is 280 g/mol. The summed E-state index contributed by atoms with van der Waals surface area (Å²) in [4.78, 5) is 16.9. The van der Waals surface area contributed by atoms with Crippen LogP contribution in [0.25, 0.3) is 0 Å². The van der Waals surface area contributed by atoms with Crippen LogP contribution in [-0.2, 0) is 13.6 Å². The minimum Gasteiger partial charge on any atom is -0.359 e. The number of nitrogens with one attached hydrogen (secondary N) is 1. The van der Waals surface area contributed by atoms with Gasteiger partial charge in [-0.25, -0.2) is 0 Å². The number of nitro groups is 1. The van der Waals surface area contributed by atoms with E-state index in [2.05, 4.69) is 30.2 Å². The predicted octanol–water partition coefficient (Wildman–Crippen LogP) is 2.93. The molecule has 0 aromatic carbocycles. The Balaban J connectivity index is 2.21. The largest absolute Gasteiger partial charge is 0.406 e. The maximum absolute atomic E-state index is 10.9. The van der Waals surface area contributed by atoms with Crippen LogP contribution < -0.4 is 5.32 Å². The highest BCUT2D eigenvalue weighted by molar-refractivity contribution is 7.12. The topological polar surface area (TPSA) is 73.0 Å². The maximum atomic E-state index is 10.9. The zero-order chi connectivity index (χ0) is 14.2. The third-order valence-corrected chi connectivity index (χ3v) is 4.27. The Morgan fingerprint density at radius 3 is 2.68 bits per heavy atom. The van der Waals surface area contributed by atoms with E-state index < -0.39 is 4.92 Å². The van der Waals surface area contributed by atoms with E-state index in [-0.39, 0.29) is 5.82 Å². The van der Waals surface area contributed by atoms with E-state index in [0.717, 1.165) is 4.88 Å². The quantitative estimate of drug-likeness (QED) is 0.690. The average molecular weight is 280 g/mol. The SMILES string of the molecule is Cc1cc(CNc2c([N+](=O)[O-])nc(C)n2C)sc1C. The highest BCUT2D eigenvalue weighted by atomic mass is 32.1. The fraction of sp³-hybridized carbons (Fsp3) is 0.417. The van der Waals surface area contributed by atoms with Crippen LogP contribution in [0.4, 0.5) is 11.6 Å². The summed E-state index contributed by atoms with van der Waals surface area (Å²) in [6, 6.07) is 2.10. The van der Waals surface area contributed by atoms with Gasteiger partial charge in [-0.05, 0) is 35.4 Å². The van der Waals surface area contributed by atoms with Gasteiger partial charge in [0.15, 0.2) is 0 Å². The van der Waals surface area contributed by atoms with Crippen molar-refractivity contribution >= 4 is 23.0 Å². The molecule has 0 atom stereocenters. The summed E-state index contributed by atoms with van der Waals surface area (Å²) in [6.45, 7) is 6.45. The van der Waals surface area contributed by atoms with Gasteiger partial charge in [0.2, 0.25) is 11.6 Å². The lowest BCUT2D eigenvalue weighted by molar-refractivity contribution is -0.388. The number of imidazole rings is 1. The van der Waals surface area contributed by atoms with Gasteiger partial charge in [0.25, 0.3) is 0 Å². The Bertz CT molecular complexity index is 610. The Hall–Kier alpha value is -1.89. The summed E-state index contributed by atoms with van der Waals surface area (Å²) in [7, 11) is 1.77. The van der Waals surface area contributed by atoms with E-state index in [1.54, 1.807) is 29.9 Å². The fourth-order valence-corrected chi connectivity index (χ4v) is 2.82. The number of aryl methyl sites for hydroxylation is 3. The molecule has 7 heteroatoms. The molecule has 0 saturated carbocycles. The minimum absolute atomic E-state index is 0.120. The first-order valence-corrected chi connectivity index (χ1v) is 6.69. The molecule has 0 fully saturated rings. The summed E-state index contributed by atoms with van der Waals surface area (Å²) in [6.07, 6.45) is 0. The molecule has 0 unspecified atom stereocenters. The van der Waals surface area contributed by atoms with Gasteiger partial charge in [-0.3, -0.25) is 4.57 Å². The van der Waals surface area contributed by atoms with Gasteiger partial charge >= 0.3 is 5.82 Å². The number of hydrogen-bond donors (Lipinski definition) is 1. The molecule has 0 aliphatic rings. The number of rotatable bonds is 4. The second-order valence-electron chi connectivity index (χ2n) is 4.45. The molecule has 0 bridgehead atoms. The van der Waals surface area contributed by atoms with Crippen LogP contribution in [0, 0.1) is 30.9 Å². The molecule has 0 amide bonds. The number of thiophene rings is 1. The van der Waals surface area contributed by atoms with Crippen LogP contribution in [0.3, 0.4) is 0 Å². The molecule has 0 spiro atoms. The van der Waals surface area contributed by atoms with Crippen molar-refractivity contribution in [3.63, 3.8) is 0 Å². The van der Waals surface area contributed by atoms with Gasteiger partial charge < -0.3 is 15.4 Å². The maximum Gasteiger partial charge on any atom is 0.406 e. The molecule has 2 aromatic rings. The van der Waals surface area contributed by atoms with E-state index in [1.165, 1.54) is 10.4 Å². The highest BCUT2D eigenvalue weighted by Gasteiger charge is 2.23. The molecule has 0 radical (unpaired) electrons. The van der Waals surface area contributed by atoms with Gasteiger partial charge in [0.1, 0.15) is 0 Å². The molecule has 6 nitrogen and oxygen atoms in total. The van der Waals surface area contributed by atoms with Crippen molar-refractivity contribution in [2.45, 2.75) is 27.3 Å². The smallest absolute Gasteiger partial charge is 0.359 e. The number of aromatic nitrogens is 2. The molecule has 19 heavy (non-hydrogen) atoms. The molecule has 0 aliphatic heterocycles. The Morgan fingerprint density at radius 1 is 1.47 bits per heavy atom. The Labute approximate surface area is 115 Å². The van der Waals surface area contributed by atoms with Crippen LogP contribution >= 0.6 is 11.3 Å². The summed E-state index contributed by atoms with van der Waals surface area (Å²) in [5.74, 6) is 0.948. The number of hydrogen-bond acceptors (Lipinski definition) is 5. The molecule has 0 saturated heterocycles. The summed E-state index contributed by atoms with van der Waals surface area (Å²) in [5, 5.41) is 14.1. The normalized spacial score (nSPS) is 10.7. The molecule has 1 N–H and O–H groups in total. The van der Waals surface area contributed by atoms with Crippen LogP contribution in [0.2, 0.25) is 0 Å². The third-order valence-electron chi connectivity index (χ3n) is 3.12. The van der Waals surface area contributed by atoms with Gasteiger partial charge in [0.05, 0.1) is 6.54 Å². The number of nitrogens with zero attached hydrogens (tertiary/aromatic N) is 3. The van der Waals surface area contributed by atoms with Crippen molar-refractivity contribution in [2.75, 3.05) is 5.32 Å². The molecule has 2 aromatic heterocycles. The van der Waals surface area contributed by atoms with Gasteiger partial charge in [0, 0.05) is 23.7 Å². The lowest BCUT2D eigenvalue weighted by atomic mass is 10.3. The molecule has 2 rings (SSSR count). The Kier molecular flexibility index (Phi) is 3.57. The third kappa shape index (κ3) is 2.60. The van der Waals surface area contributed by atoms with Crippen LogP contribution in [0.5, 0.6) is 0 Å². The van der Waals surface area contributed by atoms with E-state index >= 15 is 0 Å².